The summed E-state index contributed by atoms with van der Waals surface area (Å²) in [6, 6.07) is 0. The van der Waals surface area contributed by atoms with Gasteiger partial charge in [0.15, 0.2) is 9.76 Å². The van der Waals surface area contributed by atoms with E-state index < -0.39 is 9.76 Å². The predicted molar refractivity (Wildman–Crippen MR) is 127 cm³/mol. The molecule has 3 heteroatoms. The highest BCUT2D eigenvalue weighted by Crippen LogP contribution is 2.30. The van der Waals surface area contributed by atoms with Gasteiger partial charge in [0.25, 0.3) is 0 Å². The van der Waals surface area contributed by atoms with Crippen molar-refractivity contribution >= 4 is 9.76 Å². The second kappa shape index (κ2) is 19.1. The molecular weight excluding hydrogens is 360 g/mol. The third-order valence-electron chi connectivity index (χ3n) is 6.49. The maximum Gasteiger partial charge on any atom is 0.194 e. The molecular formula is C25H52O2Si. The maximum atomic E-state index is 6.23. The van der Waals surface area contributed by atoms with Gasteiger partial charge < -0.3 is 9.16 Å². The van der Waals surface area contributed by atoms with Crippen LogP contribution in [0.1, 0.15) is 142 Å². The molecule has 0 aromatic carbocycles. The van der Waals surface area contributed by atoms with Crippen molar-refractivity contribution in [1.82, 2.24) is 0 Å². The van der Waals surface area contributed by atoms with Crippen LogP contribution in [0.5, 0.6) is 0 Å². The fraction of sp³-hybridized carbons (Fsp3) is 1.00. The van der Waals surface area contributed by atoms with E-state index in [2.05, 4.69) is 13.8 Å². The van der Waals surface area contributed by atoms with Gasteiger partial charge in [-0.05, 0) is 32.6 Å². The monoisotopic (exact) mass is 412 g/mol. The quantitative estimate of drug-likeness (QED) is 0.151. The molecule has 1 saturated heterocycles. The minimum Gasteiger partial charge on any atom is -0.421 e. The second-order valence-corrected chi connectivity index (χ2v) is 11.2. The molecule has 168 valence electrons. The SMILES string of the molecule is CCCCCCCCCCCCCCCCCCC1([SiH2]OCC)CCCCO1. The molecule has 0 spiro atoms. The van der Waals surface area contributed by atoms with Crippen molar-refractivity contribution in [2.75, 3.05) is 13.2 Å². The van der Waals surface area contributed by atoms with Gasteiger partial charge in [-0.15, -0.1) is 0 Å². The second-order valence-electron chi connectivity index (χ2n) is 9.18. The van der Waals surface area contributed by atoms with Gasteiger partial charge >= 0.3 is 0 Å². The average Bonchev–Trinajstić information content (AvgIpc) is 2.73. The molecule has 0 amide bonds. The predicted octanol–water partition coefficient (Wildman–Crippen LogP) is 7.66. The van der Waals surface area contributed by atoms with E-state index >= 15 is 0 Å². The molecule has 1 heterocycles. The van der Waals surface area contributed by atoms with Gasteiger partial charge in [0.1, 0.15) is 0 Å². The molecule has 1 fully saturated rings. The highest BCUT2D eigenvalue weighted by atomic mass is 28.2. The van der Waals surface area contributed by atoms with Gasteiger partial charge in [0, 0.05) is 13.2 Å². The lowest BCUT2D eigenvalue weighted by molar-refractivity contribution is -0.0357. The van der Waals surface area contributed by atoms with Gasteiger partial charge in [0.2, 0.25) is 0 Å². The van der Waals surface area contributed by atoms with Crippen molar-refractivity contribution in [2.24, 2.45) is 0 Å². The third kappa shape index (κ3) is 14.2. The first-order valence-corrected chi connectivity index (χ1v) is 14.3. The summed E-state index contributed by atoms with van der Waals surface area (Å²) >= 11 is 0. The van der Waals surface area contributed by atoms with Crippen LogP contribution in [-0.4, -0.2) is 28.2 Å². The first kappa shape index (κ1) is 26.2. The Labute approximate surface area is 179 Å². The number of hydrogen-bond donors (Lipinski definition) is 0. The van der Waals surface area contributed by atoms with Crippen molar-refractivity contribution < 1.29 is 9.16 Å². The average molecular weight is 413 g/mol. The Balaban J connectivity index is 1.84. The lowest BCUT2D eigenvalue weighted by Gasteiger charge is -2.36. The summed E-state index contributed by atoms with van der Waals surface area (Å²) in [5.74, 6) is 0. The van der Waals surface area contributed by atoms with E-state index in [-0.39, 0.29) is 5.22 Å². The summed E-state index contributed by atoms with van der Waals surface area (Å²) in [5, 5.41) is 0.185. The van der Waals surface area contributed by atoms with Gasteiger partial charge in [-0.3, -0.25) is 0 Å². The highest BCUT2D eigenvalue weighted by Gasteiger charge is 2.33. The first-order valence-electron chi connectivity index (χ1n) is 13.0. The van der Waals surface area contributed by atoms with Gasteiger partial charge in [0.05, 0.1) is 5.22 Å². The maximum absolute atomic E-state index is 6.23. The van der Waals surface area contributed by atoms with Crippen molar-refractivity contribution in [2.45, 2.75) is 147 Å². The van der Waals surface area contributed by atoms with Crippen molar-refractivity contribution in [3.05, 3.63) is 0 Å². The lowest BCUT2D eigenvalue weighted by atomic mass is 10.0. The molecule has 0 aromatic heterocycles. The van der Waals surface area contributed by atoms with Gasteiger partial charge in [-0.1, -0.05) is 110 Å². The van der Waals surface area contributed by atoms with Gasteiger partial charge in [-0.25, -0.2) is 0 Å². The standard InChI is InChI=1S/C25H52O2Si/c1-3-5-6-7-8-9-10-11-12-13-14-15-16-17-18-19-22-25(28-27-4-2)23-20-21-24-26-25/h3-24,28H2,1-2H3. The van der Waals surface area contributed by atoms with Crippen LogP contribution in [0.2, 0.25) is 0 Å². The zero-order valence-electron chi connectivity index (χ0n) is 19.6. The van der Waals surface area contributed by atoms with Crippen LogP contribution < -0.4 is 0 Å². The fourth-order valence-corrected chi connectivity index (χ4v) is 6.17. The van der Waals surface area contributed by atoms with E-state index in [1.54, 1.807) is 0 Å². The molecule has 0 aromatic rings. The third-order valence-corrected chi connectivity index (χ3v) is 8.54. The number of hydrogen-bond acceptors (Lipinski definition) is 2. The zero-order chi connectivity index (χ0) is 20.2. The minimum atomic E-state index is -0.529. The largest absolute Gasteiger partial charge is 0.421 e. The number of rotatable bonds is 20. The molecule has 0 aliphatic carbocycles. The van der Waals surface area contributed by atoms with Gasteiger partial charge in [-0.2, -0.15) is 0 Å². The van der Waals surface area contributed by atoms with Crippen LogP contribution in [0.4, 0.5) is 0 Å². The molecule has 1 aliphatic heterocycles. The van der Waals surface area contributed by atoms with E-state index in [4.69, 9.17) is 9.16 Å². The normalized spacial score (nSPS) is 20.4. The molecule has 0 saturated carbocycles. The molecule has 1 unspecified atom stereocenters. The van der Waals surface area contributed by atoms with Crippen molar-refractivity contribution in [3.8, 4) is 0 Å². The van der Waals surface area contributed by atoms with Crippen LogP contribution >= 0.6 is 0 Å². The Morgan fingerprint density at radius 1 is 0.679 bits per heavy atom. The molecule has 28 heavy (non-hydrogen) atoms. The van der Waals surface area contributed by atoms with E-state index in [0.717, 1.165) is 13.2 Å². The lowest BCUT2D eigenvalue weighted by Crippen LogP contribution is -2.43. The highest BCUT2D eigenvalue weighted by molar-refractivity contribution is 6.31. The minimum absolute atomic E-state index is 0.185. The molecule has 0 radical (unpaired) electrons. The summed E-state index contributed by atoms with van der Waals surface area (Å²) in [6.07, 6.45) is 28.2. The van der Waals surface area contributed by atoms with Crippen LogP contribution in [0.3, 0.4) is 0 Å². The van der Waals surface area contributed by atoms with Crippen LogP contribution in [0, 0.1) is 0 Å². The Kier molecular flexibility index (Phi) is 17.9. The van der Waals surface area contributed by atoms with E-state index in [1.807, 2.05) is 0 Å². The summed E-state index contributed by atoms with van der Waals surface area (Å²) in [7, 11) is -0.529. The topological polar surface area (TPSA) is 18.5 Å². The molecule has 1 rings (SSSR count). The van der Waals surface area contributed by atoms with Crippen LogP contribution in [-0.2, 0) is 9.16 Å². The van der Waals surface area contributed by atoms with E-state index in [9.17, 15) is 0 Å². The number of ether oxygens (including phenoxy) is 1. The molecule has 1 aliphatic rings. The Morgan fingerprint density at radius 3 is 1.61 bits per heavy atom. The zero-order valence-corrected chi connectivity index (χ0v) is 21.0. The first-order chi connectivity index (χ1) is 13.8. The number of unbranched alkanes of at least 4 members (excludes halogenated alkanes) is 15. The van der Waals surface area contributed by atoms with Crippen LogP contribution in [0.25, 0.3) is 0 Å². The molecule has 1 atom stereocenters. The smallest absolute Gasteiger partial charge is 0.194 e. The fourth-order valence-electron chi connectivity index (χ4n) is 4.58. The molecule has 0 bridgehead atoms. The summed E-state index contributed by atoms with van der Waals surface area (Å²) < 4.78 is 12.1. The summed E-state index contributed by atoms with van der Waals surface area (Å²) in [6.45, 7) is 6.26. The summed E-state index contributed by atoms with van der Waals surface area (Å²) in [5.41, 5.74) is 0. The van der Waals surface area contributed by atoms with E-state index in [0.29, 0.717) is 0 Å². The molecule has 0 N–H and O–H groups in total. The Hall–Kier alpha value is 0.137. The summed E-state index contributed by atoms with van der Waals surface area (Å²) in [4.78, 5) is 0. The Morgan fingerprint density at radius 2 is 1.18 bits per heavy atom. The van der Waals surface area contributed by atoms with Crippen molar-refractivity contribution in [3.63, 3.8) is 0 Å². The van der Waals surface area contributed by atoms with Crippen LogP contribution in [0.15, 0.2) is 0 Å². The molecule has 2 nitrogen and oxygen atoms in total. The van der Waals surface area contributed by atoms with Crippen molar-refractivity contribution in [1.29, 1.82) is 0 Å². The van der Waals surface area contributed by atoms with E-state index in [1.165, 1.54) is 128 Å². The Bertz CT molecular complexity index is 316.